The average molecular weight is 604 g/mol. The van der Waals surface area contributed by atoms with Crippen LogP contribution < -0.4 is 14.8 Å². The van der Waals surface area contributed by atoms with E-state index < -0.39 is 41.5 Å². The van der Waals surface area contributed by atoms with Crippen molar-refractivity contribution < 1.29 is 40.6 Å². The normalized spacial score (nSPS) is 16.4. The molecule has 226 valence electrons. The van der Waals surface area contributed by atoms with E-state index in [4.69, 9.17) is 9.47 Å². The third kappa shape index (κ3) is 5.57. The first-order chi connectivity index (χ1) is 20.1. The predicted molar refractivity (Wildman–Crippen MR) is 147 cm³/mol. The maximum absolute atomic E-state index is 14.8. The van der Waals surface area contributed by atoms with Gasteiger partial charge in [0.15, 0.2) is 0 Å². The Kier molecular flexibility index (Phi) is 7.52. The number of amides is 1. The largest absolute Gasteiger partial charge is 0.494 e. The van der Waals surface area contributed by atoms with Crippen molar-refractivity contribution >= 4 is 16.8 Å². The molecule has 43 heavy (non-hydrogen) atoms. The smallest absolute Gasteiger partial charge is 0.416 e. The molecule has 2 unspecified atom stereocenters. The Bertz CT molecular complexity index is 1700. The highest BCUT2D eigenvalue weighted by Gasteiger charge is 2.54. The van der Waals surface area contributed by atoms with Crippen LogP contribution in [0.25, 0.3) is 22.2 Å². The highest BCUT2D eigenvalue weighted by atomic mass is 19.4. The fourth-order valence-corrected chi connectivity index (χ4v) is 4.97. The monoisotopic (exact) mass is 603 g/mol. The van der Waals surface area contributed by atoms with Gasteiger partial charge in [0.1, 0.15) is 28.1 Å². The van der Waals surface area contributed by atoms with Gasteiger partial charge >= 0.3 is 12.4 Å². The summed E-state index contributed by atoms with van der Waals surface area (Å²) >= 11 is 0. The maximum Gasteiger partial charge on any atom is 0.416 e. The first kappa shape index (κ1) is 30.1. The minimum Gasteiger partial charge on any atom is -0.494 e. The summed E-state index contributed by atoms with van der Waals surface area (Å²) in [4.78, 5) is 21.8. The quantitative estimate of drug-likeness (QED) is 0.233. The van der Waals surface area contributed by atoms with Gasteiger partial charge in [0.25, 0.3) is 5.91 Å². The fraction of sp³-hybridized carbons (Fsp3) is 0.323. The molecule has 2 atom stereocenters. The summed E-state index contributed by atoms with van der Waals surface area (Å²) in [6.07, 6.45) is -7.82. The van der Waals surface area contributed by atoms with Gasteiger partial charge in [0.2, 0.25) is 0 Å². The molecule has 1 N–H and O–H groups in total. The molecule has 1 aliphatic rings. The molecule has 0 saturated heterocycles. The van der Waals surface area contributed by atoms with Gasteiger partial charge in [-0.25, -0.2) is 4.98 Å². The number of carbonyl (C=O) groups excluding carboxylic acids is 1. The van der Waals surface area contributed by atoms with E-state index in [1.807, 2.05) is 6.92 Å². The lowest BCUT2D eigenvalue weighted by Gasteiger charge is -2.32. The van der Waals surface area contributed by atoms with Crippen LogP contribution in [0, 0.1) is 6.92 Å². The van der Waals surface area contributed by atoms with Crippen LogP contribution in [0.2, 0.25) is 0 Å². The van der Waals surface area contributed by atoms with Crippen molar-refractivity contribution in [3.63, 3.8) is 0 Å². The van der Waals surface area contributed by atoms with Crippen molar-refractivity contribution in [3.05, 3.63) is 82.7 Å². The number of alkyl halides is 6. The summed E-state index contributed by atoms with van der Waals surface area (Å²) < 4.78 is 94.9. The van der Waals surface area contributed by atoms with Crippen LogP contribution in [0.5, 0.6) is 11.5 Å². The highest BCUT2D eigenvalue weighted by Crippen LogP contribution is 2.46. The zero-order chi connectivity index (χ0) is 31.3. The lowest BCUT2D eigenvalue weighted by Crippen LogP contribution is -2.49. The Morgan fingerprint density at radius 2 is 1.77 bits per heavy atom. The van der Waals surface area contributed by atoms with E-state index in [-0.39, 0.29) is 40.8 Å². The van der Waals surface area contributed by atoms with Crippen LogP contribution in [-0.2, 0) is 11.6 Å². The van der Waals surface area contributed by atoms with Gasteiger partial charge < -0.3 is 14.8 Å². The predicted octanol–water partition coefficient (Wildman–Crippen LogP) is 7.38. The molecule has 12 heteroatoms. The molecule has 2 aromatic carbocycles. The number of aryl methyl sites for hydroxylation is 1. The van der Waals surface area contributed by atoms with Gasteiger partial charge in [-0.15, -0.1) is 0 Å². The van der Waals surface area contributed by atoms with Crippen LogP contribution in [-0.4, -0.2) is 42.3 Å². The van der Waals surface area contributed by atoms with Crippen LogP contribution in [0.15, 0.2) is 54.7 Å². The van der Waals surface area contributed by atoms with Crippen LogP contribution in [0.4, 0.5) is 26.3 Å². The highest BCUT2D eigenvalue weighted by molar-refractivity contribution is 6.00. The van der Waals surface area contributed by atoms with Crippen molar-refractivity contribution in [1.29, 1.82) is 0 Å². The standard InChI is InChI=1S/C31H27F6N3O3/c1-16-9-19-10-20(11-23(42-4)25(19)38-13-16)28(41)39-15-29(3,31(35,36)37)24-12-22-17(2)14-43-27(22)26(40-24)18-5-7-21(8-6-18)30(32,33)34/h5-13,17H,14-15H2,1-4H3,(H,39,41). The number of hydrogen-bond donors (Lipinski definition) is 1. The number of halogens is 6. The van der Waals surface area contributed by atoms with Gasteiger partial charge in [0, 0.05) is 40.7 Å². The van der Waals surface area contributed by atoms with Gasteiger partial charge in [-0.2, -0.15) is 26.3 Å². The zero-order valence-corrected chi connectivity index (χ0v) is 23.6. The summed E-state index contributed by atoms with van der Waals surface area (Å²) in [5.74, 6) is -0.550. The molecule has 0 fully saturated rings. The summed E-state index contributed by atoms with van der Waals surface area (Å²) in [7, 11) is 1.40. The van der Waals surface area contributed by atoms with Gasteiger partial charge in [-0.05, 0) is 55.8 Å². The van der Waals surface area contributed by atoms with Crippen LogP contribution >= 0.6 is 0 Å². The number of aromatic nitrogens is 2. The molecule has 0 radical (unpaired) electrons. The Hall–Kier alpha value is -4.35. The molecular weight excluding hydrogens is 576 g/mol. The van der Waals surface area contributed by atoms with E-state index in [0.717, 1.165) is 36.8 Å². The fourth-order valence-electron chi connectivity index (χ4n) is 4.97. The number of hydrogen-bond acceptors (Lipinski definition) is 5. The molecular formula is C31H27F6N3O3. The van der Waals surface area contributed by atoms with Crippen molar-refractivity contribution in [2.24, 2.45) is 0 Å². The number of rotatable bonds is 6. The molecule has 6 nitrogen and oxygen atoms in total. The van der Waals surface area contributed by atoms with Gasteiger partial charge in [-0.1, -0.05) is 19.1 Å². The van der Waals surface area contributed by atoms with Crippen LogP contribution in [0.3, 0.4) is 0 Å². The second-order valence-corrected chi connectivity index (χ2v) is 10.8. The second kappa shape index (κ2) is 10.7. The first-order valence-corrected chi connectivity index (χ1v) is 13.3. The van der Waals surface area contributed by atoms with Crippen molar-refractivity contribution in [2.45, 2.75) is 44.5 Å². The summed E-state index contributed by atoms with van der Waals surface area (Å²) in [5.41, 5.74) is -1.96. The average Bonchev–Trinajstić information content (AvgIpc) is 3.33. The van der Waals surface area contributed by atoms with Crippen molar-refractivity contribution in [1.82, 2.24) is 15.3 Å². The van der Waals surface area contributed by atoms with Crippen molar-refractivity contribution in [3.8, 4) is 22.8 Å². The molecule has 0 bridgehead atoms. The minimum atomic E-state index is -4.87. The number of methoxy groups -OCH3 is 1. The zero-order valence-electron chi connectivity index (χ0n) is 23.6. The Morgan fingerprint density at radius 3 is 2.40 bits per heavy atom. The number of nitrogens with zero attached hydrogens (tertiary/aromatic N) is 2. The van der Waals surface area contributed by atoms with E-state index in [9.17, 15) is 31.1 Å². The Morgan fingerprint density at radius 1 is 1.07 bits per heavy atom. The summed E-state index contributed by atoms with van der Waals surface area (Å²) in [5, 5.41) is 2.99. The molecule has 1 amide bonds. The van der Waals surface area contributed by atoms with Gasteiger partial charge in [-0.3, -0.25) is 9.78 Å². The van der Waals surface area contributed by atoms with E-state index in [2.05, 4.69) is 15.3 Å². The summed E-state index contributed by atoms with van der Waals surface area (Å²) in [6.45, 7) is 3.81. The molecule has 0 aliphatic carbocycles. The Balaban J connectivity index is 1.53. The number of fused-ring (bicyclic) bond motifs is 2. The van der Waals surface area contributed by atoms with E-state index in [1.54, 1.807) is 19.2 Å². The number of benzene rings is 2. The van der Waals surface area contributed by atoms with Crippen molar-refractivity contribution in [2.75, 3.05) is 20.3 Å². The molecule has 0 spiro atoms. The van der Waals surface area contributed by atoms with E-state index in [0.29, 0.717) is 16.5 Å². The third-order valence-corrected chi connectivity index (χ3v) is 7.66. The molecule has 3 heterocycles. The second-order valence-electron chi connectivity index (χ2n) is 10.8. The topological polar surface area (TPSA) is 73.3 Å². The minimum absolute atomic E-state index is 0.00508. The molecule has 0 saturated carbocycles. The number of pyridine rings is 2. The molecule has 2 aromatic heterocycles. The lowest BCUT2D eigenvalue weighted by atomic mass is 9.83. The maximum atomic E-state index is 14.8. The Labute approximate surface area is 243 Å². The first-order valence-electron chi connectivity index (χ1n) is 13.3. The molecule has 1 aliphatic heterocycles. The number of ether oxygens (including phenoxy) is 2. The number of carbonyl (C=O) groups is 1. The lowest BCUT2D eigenvalue weighted by molar-refractivity contribution is -0.184. The number of nitrogens with one attached hydrogen (secondary N) is 1. The van der Waals surface area contributed by atoms with Crippen LogP contribution in [0.1, 0.15) is 52.5 Å². The molecule has 5 rings (SSSR count). The third-order valence-electron chi connectivity index (χ3n) is 7.66. The van der Waals surface area contributed by atoms with Gasteiger partial charge in [0.05, 0.1) is 25.0 Å². The summed E-state index contributed by atoms with van der Waals surface area (Å²) in [6, 6.07) is 9.98. The SMILES string of the molecule is COc1cc(C(=O)NCC(C)(c2cc3c(c(-c4ccc(C(F)(F)F)cc4)n2)OCC3C)C(F)(F)F)cc2cc(C)cnc12. The van der Waals surface area contributed by atoms with E-state index in [1.165, 1.54) is 25.3 Å². The van der Waals surface area contributed by atoms with E-state index >= 15 is 0 Å². The molecule has 4 aromatic rings.